The van der Waals surface area contributed by atoms with Gasteiger partial charge in [-0.15, -0.1) is 0 Å². The van der Waals surface area contributed by atoms with Gasteiger partial charge in [-0.1, -0.05) is 6.07 Å². The fourth-order valence-electron chi connectivity index (χ4n) is 2.98. The molecule has 2 N–H and O–H groups in total. The molecular weight excluding hydrogens is 412 g/mol. The van der Waals surface area contributed by atoms with Crippen molar-refractivity contribution in [1.82, 2.24) is 10.6 Å². The second-order valence-corrected chi connectivity index (χ2v) is 6.43. The van der Waals surface area contributed by atoms with Crippen LogP contribution in [0.4, 0.5) is 8.78 Å². The number of alkyl halides is 2. The molecule has 1 aliphatic heterocycles. The van der Waals surface area contributed by atoms with E-state index in [9.17, 15) is 8.78 Å². The standard InChI is InChI=1S/C21H25F2N3O5/c1-4-24-21(25-10-13-5-6-15(27-2)17(7-13)28-3)26-11-14-8-18-19(30-12-29-18)9-16(14)31-20(22)23/h5-9,20H,4,10-12H2,1-3H3,(H2,24,25,26). The Morgan fingerprint density at radius 2 is 1.77 bits per heavy atom. The van der Waals surface area contributed by atoms with Crippen LogP contribution in [0.3, 0.4) is 0 Å². The molecule has 168 valence electrons. The lowest BCUT2D eigenvalue weighted by molar-refractivity contribution is -0.0505. The van der Waals surface area contributed by atoms with E-state index in [-0.39, 0.29) is 19.1 Å². The minimum atomic E-state index is -2.95. The van der Waals surface area contributed by atoms with Crippen LogP contribution in [-0.4, -0.2) is 40.1 Å². The maximum Gasteiger partial charge on any atom is 0.387 e. The second kappa shape index (κ2) is 10.6. The van der Waals surface area contributed by atoms with Gasteiger partial charge in [-0.3, -0.25) is 0 Å². The van der Waals surface area contributed by atoms with Gasteiger partial charge < -0.3 is 34.3 Å². The lowest BCUT2D eigenvalue weighted by Crippen LogP contribution is -2.36. The molecule has 0 saturated carbocycles. The molecule has 0 atom stereocenters. The topological polar surface area (TPSA) is 82.6 Å². The van der Waals surface area contributed by atoms with Gasteiger partial charge in [-0.25, -0.2) is 4.99 Å². The van der Waals surface area contributed by atoms with Crippen molar-refractivity contribution >= 4 is 5.96 Å². The minimum absolute atomic E-state index is 0.0162. The van der Waals surface area contributed by atoms with Gasteiger partial charge in [0.15, 0.2) is 29.0 Å². The molecule has 0 saturated heterocycles. The third kappa shape index (κ3) is 5.80. The molecule has 31 heavy (non-hydrogen) atoms. The lowest BCUT2D eigenvalue weighted by atomic mass is 10.1. The highest BCUT2D eigenvalue weighted by Gasteiger charge is 2.20. The average molecular weight is 437 g/mol. The van der Waals surface area contributed by atoms with Crippen LogP contribution in [0.25, 0.3) is 0 Å². The maximum atomic E-state index is 12.8. The van der Waals surface area contributed by atoms with Crippen LogP contribution in [0.5, 0.6) is 28.7 Å². The number of aliphatic imine (C=N–C) groups is 1. The van der Waals surface area contributed by atoms with Gasteiger partial charge in [0.25, 0.3) is 0 Å². The van der Waals surface area contributed by atoms with Gasteiger partial charge in [0.1, 0.15) is 5.75 Å². The Morgan fingerprint density at radius 3 is 2.45 bits per heavy atom. The molecule has 10 heteroatoms. The molecule has 2 aromatic rings. The van der Waals surface area contributed by atoms with E-state index in [4.69, 9.17) is 18.9 Å². The Bertz CT molecular complexity index is 924. The zero-order valence-corrected chi connectivity index (χ0v) is 17.5. The Balaban J connectivity index is 1.73. The number of hydrogen-bond acceptors (Lipinski definition) is 6. The monoisotopic (exact) mass is 437 g/mol. The van der Waals surface area contributed by atoms with E-state index in [0.717, 1.165) is 5.56 Å². The van der Waals surface area contributed by atoms with Gasteiger partial charge >= 0.3 is 6.61 Å². The van der Waals surface area contributed by atoms with Gasteiger partial charge in [0, 0.05) is 24.7 Å². The first-order valence-electron chi connectivity index (χ1n) is 9.64. The van der Waals surface area contributed by atoms with Crippen molar-refractivity contribution in [3.05, 3.63) is 41.5 Å². The molecule has 0 fully saturated rings. The quantitative estimate of drug-likeness (QED) is 0.460. The summed E-state index contributed by atoms with van der Waals surface area (Å²) in [5, 5.41) is 6.25. The van der Waals surface area contributed by atoms with Crippen molar-refractivity contribution in [2.24, 2.45) is 4.99 Å². The largest absolute Gasteiger partial charge is 0.493 e. The molecule has 0 aromatic heterocycles. The van der Waals surface area contributed by atoms with Crippen molar-refractivity contribution in [3.8, 4) is 28.7 Å². The first kappa shape index (κ1) is 22.3. The second-order valence-electron chi connectivity index (χ2n) is 6.43. The Kier molecular flexibility index (Phi) is 7.58. The van der Waals surface area contributed by atoms with Crippen LogP contribution in [0.1, 0.15) is 18.1 Å². The Morgan fingerprint density at radius 1 is 1.03 bits per heavy atom. The number of nitrogens with one attached hydrogen (secondary N) is 2. The van der Waals surface area contributed by atoms with Crippen molar-refractivity contribution in [2.75, 3.05) is 27.6 Å². The van der Waals surface area contributed by atoms with Gasteiger partial charge in [0.2, 0.25) is 6.79 Å². The van der Waals surface area contributed by atoms with Crippen LogP contribution in [-0.2, 0) is 13.1 Å². The molecule has 0 amide bonds. The number of fused-ring (bicyclic) bond motifs is 1. The minimum Gasteiger partial charge on any atom is -0.493 e. The van der Waals surface area contributed by atoms with E-state index in [1.54, 1.807) is 20.3 Å². The molecule has 0 radical (unpaired) electrons. The summed E-state index contributed by atoms with van der Waals surface area (Å²) in [5.74, 6) is 2.62. The number of ether oxygens (including phenoxy) is 5. The summed E-state index contributed by atoms with van der Waals surface area (Å²) in [6.45, 7) is 0.202. The lowest BCUT2D eigenvalue weighted by Gasteiger charge is -2.15. The third-order valence-electron chi connectivity index (χ3n) is 4.43. The zero-order valence-electron chi connectivity index (χ0n) is 17.5. The first-order chi connectivity index (χ1) is 15.0. The summed E-state index contributed by atoms with van der Waals surface area (Å²) in [7, 11) is 3.14. The van der Waals surface area contributed by atoms with E-state index in [0.29, 0.717) is 47.6 Å². The number of benzene rings is 2. The average Bonchev–Trinajstić information content (AvgIpc) is 3.22. The summed E-state index contributed by atoms with van der Waals surface area (Å²) < 4.78 is 51.4. The fourth-order valence-corrected chi connectivity index (χ4v) is 2.98. The molecule has 0 spiro atoms. The molecular formula is C21H25F2N3O5. The van der Waals surface area contributed by atoms with Crippen molar-refractivity contribution < 1.29 is 32.5 Å². The van der Waals surface area contributed by atoms with E-state index in [1.165, 1.54) is 6.07 Å². The highest BCUT2D eigenvalue weighted by molar-refractivity contribution is 5.79. The van der Waals surface area contributed by atoms with E-state index in [1.807, 2.05) is 25.1 Å². The van der Waals surface area contributed by atoms with Crippen molar-refractivity contribution in [2.45, 2.75) is 26.6 Å². The Hall–Kier alpha value is -3.43. The SMILES string of the molecule is CCNC(=NCc1ccc(OC)c(OC)c1)NCc1cc2c(cc1OC(F)F)OCO2. The van der Waals surface area contributed by atoms with Crippen LogP contribution in [0.15, 0.2) is 35.3 Å². The molecule has 1 heterocycles. The number of rotatable bonds is 9. The summed E-state index contributed by atoms with van der Waals surface area (Å²) in [6.07, 6.45) is 0. The maximum absolute atomic E-state index is 12.8. The zero-order chi connectivity index (χ0) is 22.2. The highest BCUT2D eigenvalue weighted by atomic mass is 19.3. The number of nitrogens with zero attached hydrogens (tertiary/aromatic N) is 1. The summed E-state index contributed by atoms with van der Waals surface area (Å²) >= 11 is 0. The summed E-state index contributed by atoms with van der Waals surface area (Å²) in [5.41, 5.74) is 1.40. The number of guanidine groups is 1. The van der Waals surface area contributed by atoms with Gasteiger partial charge in [0.05, 0.1) is 20.8 Å². The smallest absolute Gasteiger partial charge is 0.387 e. The fraction of sp³-hybridized carbons (Fsp3) is 0.381. The molecule has 1 aliphatic rings. The van der Waals surface area contributed by atoms with E-state index >= 15 is 0 Å². The molecule has 2 aromatic carbocycles. The van der Waals surface area contributed by atoms with Crippen LogP contribution >= 0.6 is 0 Å². The Labute approximate surface area is 179 Å². The first-order valence-corrected chi connectivity index (χ1v) is 9.64. The number of methoxy groups -OCH3 is 2. The molecule has 0 unspecified atom stereocenters. The number of halogens is 2. The highest BCUT2D eigenvalue weighted by Crippen LogP contribution is 2.38. The van der Waals surface area contributed by atoms with E-state index < -0.39 is 6.61 Å². The van der Waals surface area contributed by atoms with Crippen LogP contribution < -0.4 is 34.3 Å². The summed E-state index contributed by atoms with van der Waals surface area (Å²) in [4.78, 5) is 4.55. The molecule has 0 aliphatic carbocycles. The molecule has 3 rings (SSSR count). The predicted molar refractivity (Wildman–Crippen MR) is 110 cm³/mol. The number of hydrogen-bond donors (Lipinski definition) is 2. The third-order valence-corrected chi connectivity index (χ3v) is 4.43. The van der Waals surface area contributed by atoms with Gasteiger partial charge in [-0.2, -0.15) is 8.78 Å². The predicted octanol–water partition coefficient (Wildman–Crippen LogP) is 3.29. The van der Waals surface area contributed by atoms with Crippen molar-refractivity contribution in [3.63, 3.8) is 0 Å². The van der Waals surface area contributed by atoms with E-state index in [2.05, 4.69) is 20.4 Å². The normalized spacial score (nSPS) is 12.6. The van der Waals surface area contributed by atoms with Gasteiger partial charge in [-0.05, 0) is 30.7 Å². The van der Waals surface area contributed by atoms with Crippen LogP contribution in [0, 0.1) is 0 Å². The summed E-state index contributed by atoms with van der Waals surface area (Å²) in [6, 6.07) is 8.56. The molecule has 0 bridgehead atoms. The van der Waals surface area contributed by atoms with Crippen molar-refractivity contribution in [1.29, 1.82) is 0 Å². The van der Waals surface area contributed by atoms with Crippen LogP contribution in [0.2, 0.25) is 0 Å². The molecule has 8 nitrogen and oxygen atoms in total.